The van der Waals surface area contributed by atoms with E-state index in [4.69, 9.17) is 26.2 Å². The highest BCUT2D eigenvalue weighted by molar-refractivity contribution is 7.88. The van der Waals surface area contributed by atoms with Crippen molar-refractivity contribution in [3.8, 4) is 22.6 Å². The van der Waals surface area contributed by atoms with Gasteiger partial charge in [0.1, 0.15) is 0 Å². The first-order chi connectivity index (χ1) is 15.3. The first-order valence-electron chi connectivity index (χ1n) is 9.87. The van der Waals surface area contributed by atoms with E-state index in [1.165, 1.54) is 12.1 Å². The van der Waals surface area contributed by atoms with Crippen molar-refractivity contribution in [1.82, 2.24) is 5.14 Å². The zero-order valence-electron chi connectivity index (χ0n) is 16.7. The summed E-state index contributed by atoms with van der Waals surface area (Å²) >= 11 is 6.35. The van der Waals surface area contributed by atoms with Gasteiger partial charge in [-0.1, -0.05) is 29.8 Å². The molecule has 3 aromatic carbocycles. The molecule has 1 aliphatic heterocycles. The molecule has 0 atom stereocenters. The minimum Gasteiger partial charge on any atom is -0.454 e. The topological polar surface area (TPSA) is 106 Å². The Morgan fingerprint density at radius 2 is 1.78 bits per heavy atom. The van der Waals surface area contributed by atoms with Crippen LogP contribution in [0.3, 0.4) is 0 Å². The molecule has 5 rings (SSSR count). The molecule has 1 aliphatic carbocycles. The van der Waals surface area contributed by atoms with Crippen molar-refractivity contribution in [2.45, 2.75) is 23.2 Å². The lowest BCUT2D eigenvalue weighted by Crippen LogP contribution is -2.27. The molecule has 0 spiro atoms. The summed E-state index contributed by atoms with van der Waals surface area (Å²) in [4.78, 5) is 13.1. The SMILES string of the molecule is [NH]S(=O)(=O)c1cccc(-c2cc(NC(=O)C3(c4ccc5c(c4)OCO5)CC3)ccc2Cl)c1. The summed E-state index contributed by atoms with van der Waals surface area (Å²) in [7, 11) is -4.10. The lowest BCUT2D eigenvalue weighted by Gasteiger charge is -2.17. The Balaban J connectivity index is 1.43. The smallest absolute Gasteiger partial charge is 0.254 e. The van der Waals surface area contributed by atoms with Crippen LogP contribution in [0.15, 0.2) is 65.6 Å². The second kappa shape index (κ2) is 7.51. The number of nitrogens with one attached hydrogen (secondary N) is 2. The van der Waals surface area contributed by atoms with Gasteiger partial charge in [-0.15, -0.1) is 5.14 Å². The Hall–Kier alpha value is -3.07. The average Bonchev–Trinajstić information content (AvgIpc) is 3.45. The fourth-order valence-corrected chi connectivity index (χ4v) is 4.64. The van der Waals surface area contributed by atoms with Crippen LogP contribution in [0.25, 0.3) is 11.1 Å². The first-order valence-corrected chi connectivity index (χ1v) is 11.7. The normalized spacial score (nSPS) is 15.9. The van der Waals surface area contributed by atoms with E-state index in [2.05, 4.69) is 5.32 Å². The number of sulfonamides is 1. The fraction of sp³-hybridized carbons (Fsp3) is 0.174. The lowest BCUT2D eigenvalue weighted by molar-refractivity contribution is -0.118. The molecule has 1 saturated carbocycles. The van der Waals surface area contributed by atoms with Crippen molar-refractivity contribution >= 4 is 33.2 Å². The van der Waals surface area contributed by atoms with Crippen molar-refractivity contribution in [3.05, 3.63) is 71.2 Å². The van der Waals surface area contributed by atoms with Crippen molar-refractivity contribution < 1.29 is 22.7 Å². The molecular weight excluding hydrogens is 452 g/mol. The zero-order chi connectivity index (χ0) is 22.5. The maximum absolute atomic E-state index is 13.2. The van der Waals surface area contributed by atoms with Gasteiger partial charge < -0.3 is 14.8 Å². The van der Waals surface area contributed by atoms with E-state index in [9.17, 15) is 13.2 Å². The van der Waals surface area contributed by atoms with Crippen LogP contribution in [-0.4, -0.2) is 21.1 Å². The molecule has 0 unspecified atom stereocenters. The number of carbonyl (C=O) groups is 1. The van der Waals surface area contributed by atoms with Crippen LogP contribution < -0.4 is 19.9 Å². The van der Waals surface area contributed by atoms with Crippen molar-refractivity contribution in [1.29, 1.82) is 0 Å². The number of rotatable bonds is 5. The van der Waals surface area contributed by atoms with Crippen LogP contribution >= 0.6 is 11.6 Å². The number of hydrogen-bond acceptors (Lipinski definition) is 5. The number of amides is 1. The van der Waals surface area contributed by atoms with Crippen molar-refractivity contribution in [2.24, 2.45) is 0 Å². The number of carbonyl (C=O) groups excluding carboxylic acids is 1. The van der Waals surface area contributed by atoms with Crippen molar-refractivity contribution in [2.75, 3.05) is 12.1 Å². The molecule has 9 heteroatoms. The quantitative estimate of drug-likeness (QED) is 0.597. The Morgan fingerprint density at radius 3 is 2.53 bits per heavy atom. The molecule has 0 bridgehead atoms. The molecule has 1 heterocycles. The third-order valence-electron chi connectivity index (χ3n) is 5.79. The monoisotopic (exact) mass is 469 g/mol. The summed E-state index contributed by atoms with van der Waals surface area (Å²) in [5.74, 6) is 1.18. The molecule has 7 nitrogen and oxygen atoms in total. The van der Waals surface area contributed by atoms with Gasteiger partial charge in [0.05, 0.1) is 10.3 Å². The van der Waals surface area contributed by atoms with E-state index in [0.717, 1.165) is 18.4 Å². The van der Waals surface area contributed by atoms with E-state index in [-0.39, 0.29) is 17.6 Å². The summed E-state index contributed by atoms with van der Waals surface area (Å²) in [6.45, 7) is 0.175. The number of anilines is 1. The molecule has 163 valence electrons. The molecule has 3 aromatic rings. The van der Waals surface area contributed by atoms with Crippen LogP contribution in [0.4, 0.5) is 5.69 Å². The molecule has 32 heavy (non-hydrogen) atoms. The summed E-state index contributed by atoms with van der Waals surface area (Å²) in [6.07, 6.45) is 1.45. The molecule has 0 aromatic heterocycles. The predicted octanol–water partition coefficient (Wildman–Crippen LogP) is 4.38. The van der Waals surface area contributed by atoms with E-state index >= 15 is 0 Å². The van der Waals surface area contributed by atoms with Crippen LogP contribution in [0.2, 0.25) is 5.02 Å². The minimum absolute atomic E-state index is 0.125. The van der Waals surface area contributed by atoms with E-state index in [1.807, 2.05) is 18.2 Å². The maximum atomic E-state index is 13.2. The first kappa shape index (κ1) is 20.8. The predicted molar refractivity (Wildman–Crippen MR) is 119 cm³/mol. The number of ether oxygens (including phenoxy) is 2. The Labute approximate surface area is 190 Å². The summed E-state index contributed by atoms with van der Waals surface area (Å²) in [5, 5.41) is 10.7. The van der Waals surface area contributed by atoms with Crippen LogP contribution in [0, 0.1) is 0 Å². The van der Waals surface area contributed by atoms with Crippen LogP contribution in [0.5, 0.6) is 11.5 Å². The van der Waals surface area contributed by atoms with Gasteiger partial charge in [-0.05, 0) is 66.4 Å². The number of halogens is 1. The summed E-state index contributed by atoms with van der Waals surface area (Å²) in [6, 6.07) is 16.6. The van der Waals surface area contributed by atoms with Gasteiger partial charge >= 0.3 is 0 Å². The Bertz CT molecular complexity index is 1350. The zero-order valence-corrected chi connectivity index (χ0v) is 18.3. The average molecular weight is 470 g/mol. The third kappa shape index (κ3) is 3.70. The highest BCUT2D eigenvalue weighted by Crippen LogP contribution is 2.51. The standard InChI is InChI=1S/C23H18ClN2O5S/c24-19-6-5-16(12-18(19)14-2-1-3-17(10-14)32(25,28)29)26-22(27)23(8-9-23)15-4-7-20-21(11-15)31-13-30-20/h1-7,10-12,25H,8-9,13H2,(H,26,27). The minimum atomic E-state index is -4.10. The van der Waals surface area contributed by atoms with Gasteiger partial charge in [0.15, 0.2) is 11.5 Å². The Morgan fingerprint density at radius 1 is 1.00 bits per heavy atom. The molecule has 1 radical (unpaired) electrons. The molecular formula is C23H18ClN2O5S. The highest BCUT2D eigenvalue weighted by atomic mass is 35.5. The lowest BCUT2D eigenvalue weighted by atomic mass is 9.94. The van der Waals surface area contributed by atoms with E-state index < -0.39 is 15.4 Å². The molecule has 0 saturated heterocycles. The summed E-state index contributed by atoms with van der Waals surface area (Å²) < 4.78 is 34.0. The van der Waals surface area contributed by atoms with Gasteiger partial charge in [0.25, 0.3) is 10.0 Å². The maximum Gasteiger partial charge on any atom is 0.254 e. The molecule has 2 N–H and O–H groups in total. The highest BCUT2D eigenvalue weighted by Gasteiger charge is 2.51. The van der Waals surface area contributed by atoms with Gasteiger partial charge in [-0.2, -0.15) is 0 Å². The van der Waals surface area contributed by atoms with Gasteiger partial charge in [0.2, 0.25) is 12.7 Å². The van der Waals surface area contributed by atoms with Gasteiger partial charge in [-0.25, -0.2) is 8.42 Å². The number of hydrogen-bond donors (Lipinski definition) is 1. The van der Waals surface area contributed by atoms with E-state index in [1.54, 1.807) is 30.3 Å². The third-order valence-corrected chi connectivity index (χ3v) is 6.99. The van der Waals surface area contributed by atoms with Crippen molar-refractivity contribution in [3.63, 3.8) is 0 Å². The van der Waals surface area contributed by atoms with Gasteiger partial charge in [-0.3, -0.25) is 4.79 Å². The number of benzene rings is 3. The molecule has 1 fully saturated rings. The second-order valence-electron chi connectivity index (χ2n) is 7.83. The van der Waals surface area contributed by atoms with Gasteiger partial charge in [0, 0.05) is 16.3 Å². The van der Waals surface area contributed by atoms with Crippen LogP contribution in [0.1, 0.15) is 18.4 Å². The fourth-order valence-electron chi connectivity index (χ4n) is 3.87. The summed E-state index contributed by atoms with van der Waals surface area (Å²) in [5.41, 5.74) is 1.89. The second-order valence-corrected chi connectivity index (χ2v) is 9.72. The van der Waals surface area contributed by atoms with E-state index in [0.29, 0.717) is 33.3 Å². The molecule has 1 amide bonds. The number of fused-ring (bicyclic) bond motifs is 1. The molecule has 2 aliphatic rings. The largest absolute Gasteiger partial charge is 0.454 e. The Kier molecular flexibility index (Phi) is 4.88. The van der Waals surface area contributed by atoms with Crippen LogP contribution in [-0.2, 0) is 20.2 Å².